The number of nitrogens with one attached hydrogen (secondary N) is 2. The molecule has 0 aliphatic rings. The topological polar surface area (TPSA) is 58.5 Å². The molecule has 0 unspecified atom stereocenters. The third-order valence-electron chi connectivity index (χ3n) is 3.26. The molecule has 2 N–H and O–H groups in total. The smallest absolute Gasteiger partial charge is 0.348 e. The van der Waals surface area contributed by atoms with Crippen molar-refractivity contribution in [1.82, 2.24) is 25.1 Å². The maximum Gasteiger partial charge on any atom is 0.435 e. The predicted molar refractivity (Wildman–Crippen MR) is 77.7 cm³/mol. The van der Waals surface area contributed by atoms with E-state index in [1.54, 1.807) is 24.5 Å². The highest BCUT2D eigenvalue weighted by molar-refractivity contribution is 5.34. The Morgan fingerprint density at radius 1 is 1.09 bits per heavy atom. The van der Waals surface area contributed by atoms with Gasteiger partial charge in [-0.15, -0.1) is 0 Å². The summed E-state index contributed by atoms with van der Waals surface area (Å²) in [6.45, 7) is 1.25. The third kappa shape index (κ3) is 3.78. The maximum atomic E-state index is 12.5. The first-order chi connectivity index (χ1) is 11.0. The van der Waals surface area contributed by atoms with E-state index < -0.39 is 11.9 Å². The normalized spacial score (nSPS) is 11.8. The molecule has 0 fully saturated rings. The molecule has 0 amide bonds. The highest BCUT2D eigenvalue weighted by Crippen LogP contribution is 2.27. The monoisotopic (exact) mass is 321 g/mol. The zero-order valence-electron chi connectivity index (χ0n) is 12.0. The van der Waals surface area contributed by atoms with Crippen LogP contribution in [-0.4, -0.2) is 19.7 Å². The molecular weight excluding hydrogens is 307 g/mol. The van der Waals surface area contributed by atoms with Gasteiger partial charge in [-0.25, -0.2) is 9.67 Å². The summed E-state index contributed by atoms with van der Waals surface area (Å²) >= 11 is 0. The summed E-state index contributed by atoms with van der Waals surface area (Å²) in [7, 11) is 0. The second-order valence-electron chi connectivity index (χ2n) is 4.95. The van der Waals surface area contributed by atoms with Crippen molar-refractivity contribution in [2.75, 3.05) is 0 Å². The number of hydrogen-bond donors (Lipinski definition) is 2. The van der Waals surface area contributed by atoms with E-state index in [9.17, 15) is 13.2 Å². The molecule has 0 saturated carbocycles. The van der Waals surface area contributed by atoms with E-state index in [1.165, 1.54) is 10.9 Å². The van der Waals surface area contributed by atoms with E-state index in [0.717, 1.165) is 17.5 Å². The van der Waals surface area contributed by atoms with E-state index in [1.807, 2.05) is 12.1 Å². The highest BCUT2D eigenvalue weighted by Gasteiger charge is 2.33. The van der Waals surface area contributed by atoms with Crippen molar-refractivity contribution in [2.24, 2.45) is 0 Å². The molecule has 3 aromatic rings. The molecule has 0 radical (unpaired) electrons. The quantitative estimate of drug-likeness (QED) is 0.760. The number of benzene rings is 1. The SMILES string of the molecule is FC(F)(F)c1ccn(-c2ccc(CNCc3ncc[nH]3)cc2)n1. The average molecular weight is 321 g/mol. The van der Waals surface area contributed by atoms with Crippen LogP contribution in [0.25, 0.3) is 5.69 Å². The zero-order valence-corrected chi connectivity index (χ0v) is 12.0. The molecule has 0 aliphatic heterocycles. The fourth-order valence-electron chi connectivity index (χ4n) is 2.11. The number of aromatic nitrogens is 4. The molecule has 1 aromatic carbocycles. The zero-order chi connectivity index (χ0) is 16.3. The summed E-state index contributed by atoms with van der Waals surface area (Å²) in [5.41, 5.74) is 0.695. The number of hydrogen-bond acceptors (Lipinski definition) is 3. The van der Waals surface area contributed by atoms with E-state index in [2.05, 4.69) is 20.4 Å². The Bertz CT molecular complexity index is 744. The largest absolute Gasteiger partial charge is 0.435 e. The average Bonchev–Trinajstić information content (AvgIpc) is 3.19. The Morgan fingerprint density at radius 3 is 2.48 bits per heavy atom. The van der Waals surface area contributed by atoms with Gasteiger partial charge in [0.1, 0.15) is 5.82 Å². The first-order valence-corrected chi connectivity index (χ1v) is 6.93. The molecule has 0 bridgehead atoms. The van der Waals surface area contributed by atoms with Crippen LogP contribution in [0.5, 0.6) is 0 Å². The van der Waals surface area contributed by atoms with Gasteiger partial charge in [0.25, 0.3) is 0 Å². The van der Waals surface area contributed by atoms with Gasteiger partial charge in [0, 0.05) is 25.1 Å². The summed E-state index contributed by atoms with van der Waals surface area (Å²) in [6, 6.07) is 8.12. The number of aromatic amines is 1. The number of nitrogens with zero attached hydrogens (tertiary/aromatic N) is 3. The van der Waals surface area contributed by atoms with Gasteiger partial charge in [0.2, 0.25) is 0 Å². The first kappa shape index (κ1) is 15.3. The van der Waals surface area contributed by atoms with Gasteiger partial charge in [-0.05, 0) is 23.8 Å². The number of H-pyrrole nitrogens is 1. The van der Waals surface area contributed by atoms with Crippen molar-refractivity contribution in [3.8, 4) is 5.69 Å². The summed E-state index contributed by atoms with van der Waals surface area (Å²) in [5, 5.41) is 6.76. The summed E-state index contributed by atoms with van der Waals surface area (Å²) in [4.78, 5) is 7.09. The highest BCUT2D eigenvalue weighted by atomic mass is 19.4. The van der Waals surface area contributed by atoms with Crippen molar-refractivity contribution < 1.29 is 13.2 Å². The van der Waals surface area contributed by atoms with E-state index in [4.69, 9.17) is 0 Å². The molecule has 0 aliphatic carbocycles. The molecule has 8 heteroatoms. The summed E-state index contributed by atoms with van der Waals surface area (Å²) < 4.78 is 38.8. The lowest BCUT2D eigenvalue weighted by Gasteiger charge is -2.06. The van der Waals surface area contributed by atoms with Crippen LogP contribution in [0, 0.1) is 0 Å². The third-order valence-corrected chi connectivity index (χ3v) is 3.26. The van der Waals surface area contributed by atoms with Crippen LogP contribution < -0.4 is 5.32 Å². The second kappa shape index (κ2) is 6.25. The second-order valence-corrected chi connectivity index (χ2v) is 4.95. The maximum absolute atomic E-state index is 12.5. The Labute approximate surface area is 130 Å². The molecule has 3 rings (SSSR count). The Morgan fingerprint density at radius 2 is 1.87 bits per heavy atom. The van der Waals surface area contributed by atoms with E-state index in [0.29, 0.717) is 18.8 Å². The van der Waals surface area contributed by atoms with Crippen LogP contribution in [-0.2, 0) is 19.3 Å². The molecule has 0 atom stereocenters. The Hall–Kier alpha value is -2.61. The Balaban J connectivity index is 1.61. The van der Waals surface area contributed by atoms with Gasteiger partial charge in [-0.3, -0.25) is 0 Å². The predicted octanol–water partition coefficient (Wildman–Crippen LogP) is 2.90. The molecular formula is C15H14F3N5. The molecule has 0 saturated heterocycles. The number of rotatable bonds is 5. The molecule has 23 heavy (non-hydrogen) atoms. The van der Waals surface area contributed by atoms with Gasteiger partial charge in [0.15, 0.2) is 5.69 Å². The minimum Gasteiger partial charge on any atom is -0.348 e. The van der Waals surface area contributed by atoms with Crippen molar-refractivity contribution in [3.05, 3.63) is 66.0 Å². The van der Waals surface area contributed by atoms with Crippen molar-refractivity contribution in [3.63, 3.8) is 0 Å². The van der Waals surface area contributed by atoms with Gasteiger partial charge in [-0.2, -0.15) is 18.3 Å². The van der Waals surface area contributed by atoms with Crippen molar-refractivity contribution in [1.29, 1.82) is 0 Å². The minimum absolute atomic E-state index is 0.579. The molecule has 120 valence electrons. The summed E-state index contributed by atoms with van der Waals surface area (Å²) in [5.74, 6) is 0.845. The van der Waals surface area contributed by atoms with Crippen LogP contribution in [0.15, 0.2) is 48.9 Å². The number of alkyl halides is 3. The van der Waals surface area contributed by atoms with Crippen molar-refractivity contribution in [2.45, 2.75) is 19.3 Å². The van der Waals surface area contributed by atoms with E-state index in [-0.39, 0.29) is 0 Å². The van der Waals surface area contributed by atoms with Crippen LogP contribution in [0.3, 0.4) is 0 Å². The molecule has 0 spiro atoms. The fourth-order valence-corrected chi connectivity index (χ4v) is 2.11. The molecule has 2 aromatic heterocycles. The van der Waals surface area contributed by atoms with Crippen LogP contribution in [0.1, 0.15) is 17.1 Å². The minimum atomic E-state index is -4.43. The number of halogens is 3. The standard InChI is InChI=1S/C15H14F3N5/c16-15(17,18)13-5-8-23(22-13)12-3-1-11(2-4-12)9-19-10-14-20-6-7-21-14/h1-8,19H,9-10H2,(H,20,21). The molecule has 2 heterocycles. The van der Waals surface area contributed by atoms with E-state index >= 15 is 0 Å². The number of imidazole rings is 1. The van der Waals surface area contributed by atoms with Gasteiger partial charge in [0.05, 0.1) is 12.2 Å². The van der Waals surface area contributed by atoms with Gasteiger partial charge < -0.3 is 10.3 Å². The first-order valence-electron chi connectivity index (χ1n) is 6.93. The van der Waals surface area contributed by atoms with Crippen LogP contribution in [0.4, 0.5) is 13.2 Å². The van der Waals surface area contributed by atoms with Crippen molar-refractivity contribution >= 4 is 0 Å². The lowest BCUT2D eigenvalue weighted by atomic mass is 10.2. The fraction of sp³-hybridized carbons (Fsp3) is 0.200. The van der Waals surface area contributed by atoms with Gasteiger partial charge in [-0.1, -0.05) is 12.1 Å². The van der Waals surface area contributed by atoms with Gasteiger partial charge >= 0.3 is 6.18 Å². The lowest BCUT2D eigenvalue weighted by molar-refractivity contribution is -0.141. The van der Waals surface area contributed by atoms with Crippen LogP contribution in [0.2, 0.25) is 0 Å². The Kier molecular flexibility index (Phi) is 4.16. The van der Waals surface area contributed by atoms with Crippen LogP contribution >= 0.6 is 0 Å². The lowest BCUT2D eigenvalue weighted by Crippen LogP contribution is -2.13. The summed E-state index contributed by atoms with van der Waals surface area (Å²) in [6.07, 6.45) is 0.310. The molecule has 5 nitrogen and oxygen atoms in total.